The number of aromatic amines is 1. The number of nitrogens with two attached hydrogens (primary N) is 1. The van der Waals surface area contributed by atoms with E-state index < -0.39 is 5.97 Å². The van der Waals surface area contributed by atoms with E-state index in [1.165, 1.54) is 0 Å². The van der Waals surface area contributed by atoms with E-state index in [9.17, 15) is 9.59 Å². The molecule has 0 spiro atoms. The minimum absolute atomic E-state index is 0.241. The van der Waals surface area contributed by atoms with Crippen LogP contribution < -0.4 is 26.4 Å². The van der Waals surface area contributed by atoms with Gasteiger partial charge in [-0.05, 0) is 68.3 Å². The van der Waals surface area contributed by atoms with Gasteiger partial charge in [-0.1, -0.05) is 0 Å². The summed E-state index contributed by atoms with van der Waals surface area (Å²) in [4.78, 5) is 37.4. The summed E-state index contributed by atoms with van der Waals surface area (Å²) < 4.78 is 0. The predicted octanol–water partition coefficient (Wildman–Crippen LogP) is 2.32. The Bertz CT molecular complexity index is 1260. The number of anilines is 4. The number of aromatic nitrogens is 4. The Morgan fingerprint density at radius 1 is 1.03 bits per heavy atom. The van der Waals surface area contributed by atoms with Crippen molar-refractivity contribution in [3.63, 3.8) is 0 Å². The zero-order chi connectivity index (χ0) is 25.1. The molecule has 0 aliphatic carbocycles. The second kappa shape index (κ2) is 10.5. The highest BCUT2D eigenvalue weighted by Crippen LogP contribution is 2.29. The van der Waals surface area contributed by atoms with Crippen LogP contribution in [-0.4, -0.2) is 64.0 Å². The number of carboxylic acid groups (broad SMARTS) is 1. The smallest absolute Gasteiger partial charge is 0.303 e. The van der Waals surface area contributed by atoms with E-state index >= 15 is 0 Å². The number of hydrogen-bond acceptors (Lipinski definition) is 9. The van der Waals surface area contributed by atoms with E-state index in [0.717, 1.165) is 63.2 Å². The van der Waals surface area contributed by atoms with Gasteiger partial charge in [0, 0.05) is 44.0 Å². The molecule has 2 aliphatic rings. The molecule has 11 nitrogen and oxygen atoms in total. The lowest BCUT2D eigenvalue weighted by molar-refractivity contribution is -0.138. The first-order valence-electron chi connectivity index (χ1n) is 12.5. The van der Waals surface area contributed by atoms with E-state index in [4.69, 9.17) is 15.8 Å². The van der Waals surface area contributed by atoms with Crippen LogP contribution in [0.1, 0.15) is 32.1 Å². The van der Waals surface area contributed by atoms with Crippen molar-refractivity contribution >= 4 is 40.0 Å². The molecule has 5 N–H and O–H groups in total. The molecule has 0 saturated carbocycles. The maximum absolute atomic E-state index is 12.6. The monoisotopic (exact) mass is 492 g/mol. The van der Waals surface area contributed by atoms with E-state index in [2.05, 4.69) is 30.3 Å². The maximum atomic E-state index is 12.6. The predicted molar refractivity (Wildman–Crippen MR) is 139 cm³/mol. The van der Waals surface area contributed by atoms with Gasteiger partial charge in [-0.3, -0.25) is 9.59 Å². The normalized spacial score (nSPS) is 17.5. The van der Waals surface area contributed by atoms with Crippen LogP contribution in [0, 0.1) is 11.8 Å². The quantitative estimate of drug-likeness (QED) is 0.386. The number of carboxylic acids is 1. The molecule has 4 heterocycles. The first-order valence-corrected chi connectivity index (χ1v) is 12.5. The molecule has 0 radical (unpaired) electrons. The molecular weight excluding hydrogens is 460 g/mol. The molecule has 11 heteroatoms. The standard InChI is InChI=1S/C25H32N8O3/c26-14-17-7-11-33(12-8-17)25-29-20-15-27-31-24(36)22(20)23(30-25)28-18-1-3-19(4-2-18)32-9-5-16(6-10-32)13-21(34)35/h1-4,15-17H,5-14,26H2,(H,31,36)(H,34,35)(H,28,29,30). The third kappa shape index (κ3) is 5.25. The molecule has 0 unspecified atom stereocenters. The van der Waals surface area contributed by atoms with Gasteiger partial charge in [-0.15, -0.1) is 0 Å². The molecule has 0 atom stereocenters. The summed E-state index contributed by atoms with van der Waals surface area (Å²) >= 11 is 0. The van der Waals surface area contributed by atoms with Crippen LogP contribution in [-0.2, 0) is 4.79 Å². The van der Waals surface area contributed by atoms with Crippen LogP contribution in [0.25, 0.3) is 10.9 Å². The van der Waals surface area contributed by atoms with Crippen LogP contribution in [0.2, 0.25) is 0 Å². The van der Waals surface area contributed by atoms with Gasteiger partial charge in [0.15, 0.2) is 0 Å². The van der Waals surface area contributed by atoms with Gasteiger partial charge in [0.05, 0.1) is 6.20 Å². The number of hydrogen-bond donors (Lipinski definition) is 4. The maximum Gasteiger partial charge on any atom is 0.303 e. The number of H-pyrrole nitrogens is 1. The van der Waals surface area contributed by atoms with Crippen LogP contribution in [0.3, 0.4) is 0 Å². The summed E-state index contributed by atoms with van der Waals surface area (Å²) in [7, 11) is 0. The van der Waals surface area contributed by atoms with E-state index in [-0.39, 0.29) is 17.9 Å². The second-order valence-corrected chi connectivity index (χ2v) is 9.70. The first kappa shape index (κ1) is 24.0. The molecular formula is C25H32N8O3. The molecule has 1 aromatic carbocycles. The summed E-state index contributed by atoms with van der Waals surface area (Å²) in [5.74, 6) is 1.06. The third-order valence-electron chi connectivity index (χ3n) is 7.31. The molecule has 3 aromatic rings. The average Bonchev–Trinajstić information content (AvgIpc) is 2.89. The largest absolute Gasteiger partial charge is 0.481 e. The molecule has 5 rings (SSSR count). The number of nitrogens with zero attached hydrogens (tertiary/aromatic N) is 5. The van der Waals surface area contributed by atoms with Crippen molar-refractivity contribution in [1.82, 2.24) is 20.2 Å². The second-order valence-electron chi connectivity index (χ2n) is 9.70. The van der Waals surface area contributed by atoms with Gasteiger partial charge in [0.1, 0.15) is 16.7 Å². The van der Waals surface area contributed by atoms with Crippen molar-refractivity contribution in [1.29, 1.82) is 0 Å². The van der Waals surface area contributed by atoms with Crippen molar-refractivity contribution in [2.24, 2.45) is 17.6 Å². The average molecular weight is 493 g/mol. The molecule has 0 bridgehead atoms. The van der Waals surface area contributed by atoms with Gasteiger partial charge in [0.25, 0.3) is 5.56 Å². The SMILES string of the molecule is NCC1CCN(c2nc(Nc3ccc(N4CCC(CC(=O)O)CC4)cc3)c3c(=O)[nH]ncc3n2)CC1. The lowest BCUT2D eigenvalue weighted by Crippen LogP contribution is -2.37. The summed E-state index contributed by atoms with van der Waals surface area (Å²) in [5, 5.41) is 19.1. The fraction of sp³-hybridized carbons (Fsp3) is 0.480. The Hall–Kier alpha value is -3.73. The van der Waals surface area contributed by atoms with Crippen molar-refractivity contribution in [3.05, 3.63) is 40.8 Å². The number of piperidine rings is 2. The summed E-state index contributed by atoms with van der Waals surface area (Å²) in [6, 6.07) is 8.00. The Morgan fingerprint density at radius 3 is 2.36 bits per heavy atom. The molecule has 0 amide bonds. The topological polar surface area (TPSA) is 153 Å². The molecule has 2 aromatic heterocycles. The van der Waals surface area contributed by atoms with Crippen LogP contribution >= 0.6 is 0 Å². The molecule has 2 aliphatic heterocycles. The van der Waals surface area contributed by atoms with Crippen molar-refractivity contribution < 1.29 is 9.90 Å². The van der Waals surface area contributed by atoms with Gasteiger partial charge >= 0.3 is 5.97 Å². The fourth-order valence-corrected chi connectivity index (χ4v) is 5.13. The van der Waals surface area contributed by atoms with E-state index in [0.29, 0.717) is 35.1 Å². The molecule has 36 heavy (non-hydrogen) atoms. The zero-order valence-electron chi connectivity index (χ0n) is 20.2. The lowest BCUT2D eigenvalue weighted by atomic mass is 9.93. The van der Waals surface area contributed by atoms with Gasteiger partial charge < -0.3 is 26.0 Å². The fourth-order valence-electron chi connectivity index (χ4n) is 5.13. The highest BCUT2D eigenvalue weighted by molar-refractivity contribution is 5.90. The minimum atomic E-state index is -0.723. The number of aliphatic carboxylic acids is 1. The Balaban J connectivity index is 1.34. The number of nitrogens with one attached hydrogen (secondary N) is 2. The van der Waals surface area contributed by atoms with E-state index in [1.807, 2.05) is 24.3 Å². The van der Waals surface area contributed by atoms with Crippen LogP contribution in [0.5, 0.6) is 0 Å². The van der Waals surface area contributed by atoms with Crippen LogP contribution in [0.4, 0.5) is 23.1 Å². The van der Waals surface area contributed by atoms with Gasteiger partial charge in [-0.25, -0.2) is 10.1 Å². The highest BCUT2D eigenvalue weighted by atomic mass is 16.4. The van der Waals surface area contributed by atoms with Crippen molar-refractivity contribution in [3.8, 4) is 0 Å². The summed E-state index contributed by atoms with van der Waals surface area (Å²) in [6.07, 6.45) is 5.53. The number of benzene rings is 1. The Kier molecular flexibility index (Phi) is 6.99. The summed E-state index contributed by atoms with van der Waals surface area (Å²) in [6.45, 7) is 4.01. The minimum Gasteiger partial charge on any atom is -0.481 e. The van der Waals surface area contributed by atoms with Crippen molar-refractivity contribution in [2.75, 3.05) is 47.8 Å². The summed E-state index contributed by atoms with van der Waals surface area (Å²) in [5.41, 5.74) is 7.89. The van der Waals surface area contributed by atoms with Crippen LogP contribution in [0.15, 0.2) is 35.3 Å². The van der Waals surface area contributed by atoms with Gasteiger partial charge in [-0.2, -0.15) is 10.1 Å². The highest BCUT2D eigenvalue weighted by Gasteiger charge is 2.23. The molecule has 2 saturated heterocycles. The van der Waals surface area contributed by atoms with Crippen molar-refractivity contribution in [2.45, 2.75) is 32.1 Å². The Morgan fingerprint density at radius 2 is 1.69 bits per heavy atom. The zero-order valence-corrected chi connectivity index (χ0v) is 20.2. The third-order valence-corrected chi connectivity index (χ3v) is 7.31. The number of rotatable bonds is 7. The van der Waals surface area contributed by atoms with Gasteiger partial charge in [0.2, 0.25) is 5.95 Å². The van der Waals surface area contributed by atoms with E-state index in [1.54, 1.807) is 6.20 Å². The lowest BCUT2D eigenvalue weighted by Gasteiger charge is -2.33. The molecule has 190 valence electrons. The first-order chi connectivity index (χ1) is 17.5. The number of carbonyl (C=O) groups is 1. The Labute approximate surface area is 208 Å². The molecule has 2 fully saturated rings. The number of fused-ring (bicyclic) bond motifs is 1.